The van der Waals surface area contributed by atoms with E-state index in [1.54, 1.807) is 0 Å². The van der Waals surface area contributed by atoms with Crippen molar-refractivity contribution in [2.45, 2.75) is 18.9 Å². The van der Waals surface area contributed by atoms with Crippen LogP contribution in [0.25, 0.3) is 0 Å². The molecule has 0 saturated heterocycles. The summed E-state index contributed by atoms with van der Waals surface area (Å²) in [6, 6.07) is 2.97. The van der Waals surface area contributed by atoms with E-state index in [0.717, 1.165) is 25.0 Å². The van der Waals surface area contributed by atoms with Crippen molar-refractivity contribution in [2.75, 3.05) is 11.5 Å². The topological polar surface area (TPSA) is 148 Å². The number of nitrogens with two attached hydrogens (primary N) is 2. The third kappa shape index (κ3) is 4.96. The monoisotopic (exact) mass is 386 g/mol. The molecule has 1 aliphatic carbocycles. The summed E-state index contributed by atoms with van der Waals surface area (Å²) in [6.07, 6.45) is 1.68. The van der Waals surface area contributed by atoms with Gasteiger partial charge < -0.3 is 16.2 Å². The van der Waals surface area contributed by atoms with Crippen molar-refractivity contribution in [1.82, 2.24) is 0 Å². The van der Waals surface area contributed by atoms with Crippen molar-refractivity contribution >= 4 is 22.7 Å². The van der Waals surface area contributed by atoms with Gasteiger partial charge in [0.05, 0.1) is 27.3 Å². The number of hydrogen-bond donors (Lipinski definition) is 2. The standard InChI is InChI=1S/C9H9FN2O3.C6H4F2N2O2/c10-6-3-9(15-5-1-2-5)8(12(13)14)4-7(6)11;7-3-1-4(8)6(10(11)12)2-5(3)9/h3-5H,1-2,11H2;1-2H,9H2. The Morgan fingerprint density at radius 1 is 0.852 bits per heavy atom. The van der Waals surface area contributed by atoms with E-state index in [-0.39, 0.29) is 23.2 Å². The maximum absolute atomic E-state index is 13.1. The SMILES string of the molecule is Nc1cc([N+](=O)[O-])c(F)cc1F.Nc1cc([N+](=O)[O-])c(OC2CC2)cc1F. The number of hydrogen-bond acceptors (Lipinski definition) is 7. The summed E-state index contributed by atoms with van der Waals surface area (Å²) in [5.74, 6) is -2.98. The van der Waals surface area contributed by atoms with E-state index in [0.29, 0.717) is 12.1 Å². The van der Waals surface area contributed by atoms with E-state index in [1.807, 2.05) is 0 Å². The van der Waals surface area contributed by atoms with Gasteiger partial charge in [-0.25, -0.2) is 8.78 Å². The molecule has 144 valence electrons. The quantitative estimate of drug-likeness (QED) is 0.465. The molecule has 9 nitrogen and oxygen atoms in total. The predicted octanol–water partition coefficient (Wildman–Crippen LogP) is 3.31. The highest BCUT2D eigenvalue weighted by Gasteiger charge is 2.28. The molecule has 0 aliphatic heterocycles. The second-order valence-electron chi connectivity index (χ2n) is 5.50. The van der Waals surface area contributed by atoms with Crippen LogP contribution >= 0.6 is 0 Å². The van der Waals surface area contributed by atoms with Crippen molar-refractivity contribution in [3.05, 3.63) is 61.9 Å². The second kappa shape index (κ2) is 7.76. The van der Waals surface area contributed by atoms with Crippen molar-refractivity contribution in [1.29, 1.82) is 0 Å². The van der Waals surface area contributed by atoms with Gasteiger partial charge in [0.1, 0.15) is 11.6 Å². The van der Waals surface area contributed by atoms with Gasteiger partial charge in [-0.1, -0.05) is 0 Å². The Kier molecular flexibility index (Phi) is 5.68. The molecule has 0 atom stereocenters. The minimum Gasteiger partial charge on any atom is -0.483 e. The van der Waals surface area contributed by atoms with E-state index in [9.17, 15) is 33.4 Å². The van der Waals surface area contributed by atoms with Crippen LogP contribution in [0, 0.1) is 37.7 Å². The van der Waals surface area contributed by atoms with Crippen LogP contribution in [0.2, 0.25) is 0 Å². The minimum absolute atomic E-state index is 0.0216. The molecule has 0 radical (unpaired) electrons. The maximum atomic E-state index is 13.1. The molecule has 0 bridgehead atoms. The first-order valence-electron chi connectivity index (χ1n) is 7.39. The number of rotatable bonds is 4. The largest absolute Gasteiger partial charge is 0.483 e. The summed E-state index contributed by atoms with van der Waals surface area (Å²) < 4.78 is 43.3. The van der Waals surface area contributed by atoms with E-state index in [2.05, 4.69) is 0 Å². The predicted molar refractivity (Wildman–Crippen MR) is 88.5 cm³/mol. The fraction of sp³-hybridized carbons (Fsp3) is 0.200. The molecule has 0 unspecified atom stereocenters. The Morgan fingerprint density at radius 2 is 1.33 bits per heavy atom. The molecule has 0 heterocycles. The van der Waals surface area contributed by atoms with Crippen LogP contribution in [0.15, 0.2) is 24.3 Å². The van der Waals surface area contributed by atoms with Crippen LogP contribution in [0.1, 0.15) is 12.8 Å². The molecular formula is C15H13F3N4O5. The number of ether oxygens (including phenoxy) is 1. The first-order chi connectivity index (χ1) is 12.6. The van der Waals surface area contributed by atoms with E-state index in [1.165, 1.54) is 0 Å². The molecule has 4 N–H and O–H groups in total. The van der Waals surface area contributed by atoms with Gasteiger partial charge in [0.25, 0.3) is 0 Å². The molecule has 27 heavy (non-hydrogen) atoms. The summed E-state index contributed by atoms with van der Waals surface area (Å²) in [7, 11) is 0. The minimum atomic E-state index is -1.23. The lowest BCUT2D eigenvalue weighted by Crippen LogP contribution is -2.02. The smallest absolute Gasteiger partial charge is 0.313 e. The molecule has 0 spiro atoms. The zero-order valence-corrected chi connectivity index (χ0v) is 13.5. The van der Waals surface area contributed by atoms with E-state index >= 15 is 0 Å². The first kappa shape index (κ1) is 19.8. The molecule has 0 amide bonds. The van der Waals surface area contributed by atoms with Gasteiger partial charge in [-0.15, -0.1) is 0 Å². The van der Waals surface area contributed by atoms with Crippen LogP contribution in [0.3, 0.4) is 0 Å². The zero-order valence-electron chi connectivity index (χ0n) is 13.5. The molecule has 1 saturated carbocycles. The Labute approximate surface area is 149 Å². The lowest BCUT2D eigenvalue weighted by molar-refractivity contribution is -0.387. The average molecular weight is 386 g/mol. The molecule has 0 aromatic heterocycles. The number of halogens is 3. The number of benzene rings is 2. The van der Waals surface area contributed by atoms with Crippen LogP contribution in [-0.4, -0.2) is 16.0 Å². The Hall–Kier alpha value is -3.57. The fourth-order valence-electron chi connectivity index (χ4n) is 1.86. The molecule has 12 heteroatoms. The first-order valence-corrected chi connectivity index (χ1v) is 7.39. The molecule has 1 aliphatic rings. The van der Waals surface area contributed by atoms with E-state index in [4.69, 9.17) is 16.2 Å². The molecular weight excluding hydrogens is 373 g/mol. The third-order valence-electron chi connectivity index (χ3n) is 3.36. The van der Waals surface area contributed by atoms with Gasteiger partial charge in [-0.3, -0.25) is 20.2 Å². The molecule has 1 fully saturated rings. The average Bonchev–Trinajstić information content (AvgIpc) is 3.38. The normalized spacial score (nSPS) is 12.7. The van der Waals surface area contributed by atoms with Gasteiger partial charge >= 0.3 is 11.4 Å². The van der Waals surface area contributed by atoms with Crippen LogP contribution in [-0.2, 0) is 0 Å². The summed E-state index contributed by atoms with van der Waals surface area (Å²) in [4.78, 5) is 19.1. The molecule has 3 rings (SSSR count). The summed E-state index contributed by atoms with van der Waals surface area (Å²) in [5, 5.41) is 20.7. The number of nitro groups is 2. The van der Waals surface area contributed by atoms with Crippen molar-refractivity contribution in [3.63, 3.8) is 0 Å². The van der Waals surface area contributed by atoms with Gasteiger partial charge in [0.2, 0.25) is 5.82 Å². The van der Waals surface area contributed by atoms with Gasteiger partial charge in [-0.05, 0) is 12.8 Å². The highest BCUT2D eigenvalue weighted by atomic mass is 19.1. The van der Waals surface area contributed by atoms with E-state index < -0.39 is 38.7 Å². The number of nitro benzene ring substituents is 2. The Morgan fingerprint density at radius 3 is 1.81 bits per heavy atom. The van der Waals surface area contributed by atoms with Crippen molar-refractivity contribution in [3.8, 4) is 5.75 Å². The highest BCUT2D eigenvalue weighted by Crippen LogP contribution is 2.35. The maximum Gasteiger partial charge on any atom is 0.313 e. The van der Waals surface area contributed by atoms with Gasteiger partial charge in [0.15, 0.2) is 5.75 Å². The van der Waals surface area contributed by atoms with Gasteiger partial charge in [-0.2, -0.15) is 4.39 Å². The summed E-state index contributed by atoms with van der Waals surface area (Å²) in [6.45, 7) is 0. The number of anilines is 2. The van der Waals surface area contributed by atoms with Crippen molar-refractivity contribution in [2.24, 2.45) is 0 Å². The number of nitrogens with zero attached hydrogens (tertiary/aromatic N) is 2. The van der Waals surface area contributed by atoms with Crippen LogP contribution in [0.5, 0.6) is 5.75 Å². The summed E-state index contributed by atoms with van der Waals surface area (Å²) in [5.41, 5.74) is 8.42. The highest BCUT2D eigenvalue weighted by molar-refractivity contribution is 5.57. The van der Waals surface area contributed by atoms with Crippen molar-refractivity contribution < 1.29 is 27.8 Å². The third-order valence-corrected chi connectivity index (χ3v) is 3.36. The Balaban J connectivity index is 0.000000199. The summed E-state index contributed by atoms with van der Waals surface area (Å²) >= 11 is 0. The lowest BCUT2D eigenvalue weighted by atomic mass is 10.2. The zero-order chi connectivity index (χ0) is 20.3. The molecule has 2 aromatic rings. The fourth-order valence-corrected chi connectivity index (χ4v) is 1.86. The molecule has 2 aromatic carbocycles. The Bertz CT molecular complexity index is 906. The van der Waals surface area contributed by atoms with Gasteiger partial charge in [0, 0.05) is 24.3 Å². The van der Waals surface area contributed by atoms with Crippen LogP contribution < -0.4 is 16.2 Å². The number of nitrogen functional groups attached to an aromatic ring is 2. The van der Waals surface area contributed by atoms with Crippen LogP contribution in [0.4, 0.5) is 35.9 Å². The second-order valence-corrected chi connectivity index (χ2v) is 5.50. The lowest BCUT2D eigenvalue weighted by Gasteiger charge is -2.06.